The fraction of sp³-hybridized carbons (Fsp3) is 0.929. The molecule has 2 atom stereocenters. The van der Waals surface area contributed by atoms with Crippen molar-refractivity contribution in [3.05, 3.63) is 0 Å². The van der Waals surface area contributed by atoms with Crippen LogP contribution < -0.4 is 10.6 Å². The van der Waals surface area contributed by atoms with Crippen LogP contribution in [-0.4, -0.2) is 51.5 Å². The van der Waals surface area contributed by atoms with Crippen LogP contribution in [0.25, 0.3) is 0 Å². The quantitative estimate of drug-likeness (QED) is 0.601. The van der Waals surface area contributed by atoms with Gasteiger partial charge in [0.05, 0.1) is 25.7 Å². The third kappa shape index (κ3) is 5.09. The number of amides is 1. The third-order valence-corrected chi connectivity index (χ3v) is 3.67. The molecule has 0 radical (unpaired) electrons. The lowest BCUT2D eigenvalue weighted by molar-refractivity contribution is -0.125. The maximum atomic E-state index is 12.0. The molecule has 0 aromatic rings. The lowest BCUT2D eigenvalue weighted by Gasteiger charge is -2.18. The highest BCUT2D eigenvalue weighted by atomic mass is 16.5. The van der Waals surface area contributed by atoms with Crippen LogP contribution in [0.15, 0.2) is 0 Å². The second kappa shape index (κ2) is 7.82. The first-order chi connectivity index (χ1) is 9.31. The Morgan fingerprint density at radius 2 is 2.16 bits per heavy atom. The smallest absolute Gasteiger partial charge is 0.227 e. The van der Waals surface area contributed by atoms with E-state index in [-0.39, 0.29) is 17.9 Å². The van der Waals surface area contributed by atoms with Gasteiger partial charge < -0.3 is 20.1 Å². The number of ether oxygens (including phenoxy) is 2. The number of carbonyl (C=O) groups excluding carboxylic acids is 1. The molecule has 1 aliphatic heterocycles. The van der Waals surface area contributed by atoms with Crippen LogP contribution in [0.4, 0.5) is 0 Å². The Labute approximate surface area is 115 Å². The molecule has 0 bridgehead atoms. The van der Waals surface area contributed by atoms with Crippen LogP contribution in [-0.2, 0) is 14.3 Å². The van der Waals surface area contributed by atoms with E-state index in [1.807, 2.05) is 0 Å². The van der Waals surface area contributed by atoms with Crippen molar-refractivity contribution in [2.24, 2.45) is 11.8 Å². The van der Waals surface area contributed by atoms with Crippen LogP contribution in [0.5, 0.6) is 0 Å². The van der Waals surface area contributed by atoms with Crippen LogP contribution in [0.3, 0.4) is 0 Å². The third-order valence-electron chi connectivity index (χ3n) is 3.67. The van der Waals surface area contributed by atoms with Crippen molar-refractivity contribution in [3.8, 4) is 0 Å². The summed E-state index contributed by atoms with van der Waals surface area (Å²) >= 11 is 0. The molecule has 5 heteroatoms. The standard InChI is InChI=1S/C14H26N2O3/c1-2-5-15-13-10-19-9-12(13)14(17)16-6-7-18-8-11-3-4-11/h11-13,15H,2-10H2,1H3,(H,16,17). The van der Waals surface area contributed by atoms with E-state index < -0.39 is 0 Å². The minimum Gasteiger partial charge on any atom is -0.379 e. The first-order valence-corrected chi connectivity index (χ1v) is 7.47. The SMILES string of the molecule is CCCNC1COCC1C(=O)NCCOCC1CC1. The predicted octanol–water partition coefficient (Wildman–Crippen LogP) is 0.544. The highest BCUT2D eigenvalue weighted by Gasteiger charge is 2.33. The number of nitrogens with one attached hydrogen (secondary N) is 2. The van der Waals surface area contributed by atoms with Crippen LogP contribution in [0.1, 0.15) is 26.2 Å². The summed E-state index contributed by atoms with van der Waals surface area (Å²) in [7, 11) is 0. The van der Waals surface area contributed by atoms with Gasteiger partial charge in [0.1, 0.15) is 0 Å². The van der Waals surface area contributed by atoms with Gasteiger partial charge in [0.15, 0.2) is 0 Å². The zero-order chi connectivity index (χ0) is 13.5. The zero-order valence-corrected chi connectivity index (χ0v) is 11.8. The fourth-order valence-electron chi connectivity index (χ4n) is 2.26. The second-order valence-electron chi connectivity index (χ2n) is 5.51. The van der Waals surface area contributed by atoms with Crippen molar-refractivity contribution in [1.29, 1.82) is 0 Å². The molecule has 0 spiro atoms. The van der Waals surface area contributed by atoms with E-state index in [0.717, 1.165) is 25.5 Å². The summed E-state index contributed by atoms with van der Waals surface area (Å²) in [6, 6.07) is 0.160. The molecular formula is C14H26N2O3. The zero-order valence-electron chi connectivity index (χ0n) is 11.8. The van der Waals surface area contributed by atoms with Gasteiger partial charge >= 0.3 is 0 Å². The molecule has 1 heterocycles. The van der Waals surface area contributed by atoms with Gasteiger partial charge in [-0.15, -0.1) is 0 Å². The van der Waals surface area contributed by atoms with E-state index in [4.69, 9.17) is 9.47 Å². The predicted molar refractivity (Wildman–Crippen MR) is 72.9 cm³/mol. The summed E-state index contributed by atoms with van der Waals surface area (Å²) in [6.45, 7) is 6.28. The van der Waals surface area contributed by atoms with Gasteiger partial charge in [0.25, 0.3) is 0 Å². The first kappa shape index (κ1) is 14.8. The maximum absolute atomic E-state index is 12.0. The largest absolute Gasteiger partial charge is 0.379 e. The molecule has 1 saturated carbocycles. The lowest BCUT2D eigenvalue weighted by Crippen LogP contribution is -2.44. The number of hydrogen-bond donors (Lipinski definition) is 2. The van der Waals surface area contributed by atoms with Crippen molar-refractivity contribution in [2.45, 2.75) is 32.2 Å². The van der Waals surface area contributed by atoms with Gasteiger partial charge in [-0.2, -0.15) is 0 Å². The van der Waals surface area contributed by atoms with Crippen LogP contribution >= 0.6 is 0 Å². The molecule has 19 heavy (non-hydrogen) atoms. The molecule has 0 aromatic carbocycles. The van der Waals surface area contributed by atoms with E-state index in [0.29, 0.717) is 26.4 Å². The summed E-state index contributed by atoms with van der Waals surface area (Å²) in [5, 5.41) is 6.31. The van der Waals surface area contributed by atoms with Gasteiger partial charge in [-0.1, -0.05) is 6.92 Å². The van der Waals surface area contributed by atoms with Gasteiger partial charge in [-0.05, 0) is 31.7 Å². The van der Waals surface area contributed by atoms with Crippen LogP contribution in [0.2, 0.25) is 0 Å². The summed E-state index contributed by atoms with van der Waals surface area (Å²) in [5.74, 6) is 0.803. The normalized spacial score (nSPS) is 26.6. The molecule has 2 fully saturated rings. The number of hydrogen-bond acceptors (Lipinski definition) is 4. The molecule has 2 unspecified atom stereocenters. The van der Waals surface area contributed by atoms with E-state index in [9.17, 15) is 4.79 Å². The average Bonchev–Trinajstić information content (AvgIpc) is 3.12. The van der Waals surface area contributed by atoms with Gasteiger partial charge in [0.2, 0.25) is 5.91 Å². The number of rotatable bonds is 9. The molecule has 1 aliphatic carbocycles. The minimum absolute atomic E-state index is 0.0602. The molecule has 0 aromatic heterocycles. The summed E-state index contributed by atoms with van der Waals surface area (Å²) < 4.78 is 10.9. The van der Waals surface area contributed by atoms with E-state index in [2.05, 4.69) is 17.6 Å². The van der Waals surface area contributed by atoms with Crippen molar-refractivity contribution in [1.82, 2.24) is 10.6 Å². The Hall–Kier alpha value is -0.650. The van der Waals surface area contributed by atoms with Crippen molar-refractivity contribution in [2.75, 3.05) is 39.5 Å². The van der Waals surface area contributed by atoms with Crippen LogP contribution in [0, 0.1) is 11.8 Å². The second-order valence-corrected chi connectivity index (χ2v) is 5.51. The first-order valence-electron chi connectivity index (χ1n) is 7.47. The Kier molecular flexibility index (Phi) is 6.07. The fourth-order valence-corrected chi connectivity index (χ4v) is 2.26. The lowest BCUT2D eigenvalue weighted by atomic mass is 10.0. The molecule has 5 nitrogen and oxygen atoms in total. The molecular weight excluding hydrogens is 244 g/mol. The average molecular weight is 270 g/mol. The van der Waals surface area contributed by atoms with E-state index in [1.54, 1.807) is 0 Å². The Morgan fingerprint density at radius 1 is 1.32 bits per heavy atom. The van der Waals surface area contributed by atoms with Crippen molar-refractivity contribution < 1.29 is 14.3 Å². The molecule has 1 amide bonds. The van der Waals surface area contributed by atoms with E-state index in [1.165, 1.54) is 12.8 Å². The summed E-state index contributed by atoms with van der Waals surface area (Å²) in [6.07, 6.45) is 3.67. The molecule has 110 valence electrons. The Morgan fingerprint density at radius 3 is 2.89 bits per heavy atom. The minimum atomic E-state index is -0.0602. The summed E-state index contributed by atoms with van der Waals surface area (Å²) in [5.41, 5.74) is 0. The van der Waals surface area contributed by atoms with Gasteiger partial charge in [0, 0.05) is 19.2 Å². The molecule has 1 saturated heterocycles. The van der Waals surface area contributed by atoms with Gasteiger partial charge in [-0.3, -0.25) is 4.79 Å². The topological polar surface area (TPSA) is 59.6 Å². The van der Waals surface area contributed by atoms with Crippen molar-refractivity contribution >= 4 is 5.91 Å². The number of carbonyl (C=O) groups is 1. The Bertz CT molecular complexity index is 282. The monoisotopic (exact) mass is 270 g/mol. The highest BCUT2D eigenvalue weighted by molar-refractivity contribution is 5.79. The highest BCUT2D eigenvalue weighted by Crippen LogP contribution is 2.28. The van der Waals surface area contributed by atoms with Gasteiger partial charge in [-0.25, -0.2) is 0 Å². The molecule has 2 aliphatic rings. The maximum Gasteiger partial charge on any atom is 0.227 e. The van der Waals surface area contributed by atoms with Crippen molar-refractivity contribution in [3.63, 3.8) is 0 Å². The summed E-state index contributed by atoms with van der Waals surface area (Å²) in [4.78, 5) is 12.0. The molecule has 2 N–H and O–H groups in total. The Balaban J connectivity index is 1.57. The molecule has 2 rings (SSSR count). The van der Waals surface area contributed by atoms with E-state index >= 15 is 0 Å².